The van der Waals surface area contributed by atoms with E-state index in [1.165, 1.54) is 16.2 Å². The second-order valence-corrected chi connectivity index (χ2v) is 6.70. The molecule has 7 heteroatoms. The molecule has 0 saturated carbocycles. The van der Waals surface area contributed by atoms with E-state index in [0.717, 1.165) is 25.0 Å². The standard InChI is InChI=1S/C15H16ClN3O2S/c16-9-1-4-11(5-2-9)21-8-14(20)19-15-18-12-6-3-10(17)7-13(12)22-15/h1-2,4-5,10H,3,6-8,17H2,(H,18,19,20)/t10-/m0/s1. The topological polar surface area (TPSA) is 77.2 Å². The van der Waals surface area contributed by atoms with Gasteiger partial charge in [0.1, 0.15) is 5.75 Å². The van der Waals surface area contributed by atoms with Gasteiger partial charge in [-0.2, -0.15) is 0 Å². The summed E-state index contributed by atoms with van der Waals surface area (Å²) < 4.78 is 5.40. The molecule has 2 aromatic rings. The Labute approximate surface area is 137 Å². The van der Waals surface area contributed by atoms with Gasteiger partial charge in [-0.1, -0.05) is 11.6 Å². The van der Waals surface area contributed by atoms with Crippen molar-refractivity contribution in [3.8, 4) is 5.75 Å². The summed E-state index contributed by atoms with van der Waals surface area (Å²) >= 11 is 7.29. The van der Waals surface area contributed by atoms with E-state index < -0.39 is 0 Å². The number of thiazole rings is 1. The fourth-order valence-electron chi connectivity index (χ4n) is 2.29. The predicted octanol–water partition coefficient (Wildman–Crippen LogP) is 2.63. The molecule has 0 bridgehead atoms. The maximum Gasteiger partial charge on any atom is 0.264 e. The number of rotatable bonds is 4. The van der Waals surface area contributed by atoms with Crippen molar-refractivity contribution in [3.05, 3.63) is 39.9 Å². The molecular weight excluding hydrogens is 322 g/mol. The van der Waals surface area contributed by atoms with Crippen LogP contribution in [0.3, 0.4) is 0 Å². The molecule has 0 radical (unpaired) electrons. The Kier molecular flexibility index (Phi) is 4.61. The summed E-state index contributed by atoms with van der Waals surface area (Å²) in [6, 6.07) is 7.07. The fraction of sp³-hybridized carbons (Fsp3) is 0.333. The third kappa shape index (κ3) is 3.76. The number of anilines is 1. The van der Waals surface area contributed by atoms with Crippen LogP contribution in [-0.4, -0.2) is 23.5 Å². The van der Waals surface area contributed by atoms with Crippen LogP contribution in [-0.2, 0) is 17.6 Å². The van der Waals surface area contributed by atoms with Crippen LogP contribution in [0.5, 0.6) is 5.75 Å². The van der Waals surface area contributed by atoms with Gasteiger partial charge in [-0.05, 0) is 43.5 Å². The Morgan fingerprint density at radius 1 is 1.45 bits per heavy atom. The van der Waals surface area contributed by atoms with E-state index in [4.69, 9.17) is 22.1 Å². The average molecular weight is 338 g/mol. The largest absolute Gasteiger partial charge is 0.484 e. The van der Waals surface area contributed by atoms with Crippen LogP contribution in [0.1, 0.15) is 17.0 Å². The Balaban J connectivity index is 1.54. The van der Waals surface area contributed by atoms with Crippen LogP contribution >= 0.6 is 22.9 Å². The predicted molar refractivity (Wildman–Crippen MR) is 87.7 cm³/mol. The van der Waals surface area contributed by atoms with Gasteiger partial charge in [-0.25, -0.2) is 4.98 Å². The number of ether oxygens (including phenoxy) is 1. The molecule has 3 rings (SSSR count). The van der Waals surface area contributed by atoms with Gasteiger partial charge in [0.25, 0.3) is 5.91 Å². The zero-order valence-corrected chi connectivity index (χ0v) is 13.4. The van der Waals surface area contributed by atoms with E-state index in [9.17, 15) is 4.79 Å². The molecule has 0 saturated heterocycles. The molecule has 1 amide bonds. The van der Waals surface area contributed by atoms with Crippen LogP contribution in [0.25, 0.3) is 0 Å². The highest BCUT2D eigenvalue weighted by Crippen LogP contribution is 2.29. The SMILES string of the molecule is N[C@H]1CCc2nc(NC(=O)COc3ccc(Cl)cc3)sc2C1. The number of halogens is 1. The second-order valence-electron chi connectivity index (χ2n) is 5.18. The lowest BCUT2D eigenvalue weighted by Crippen LogP contribution is -2.27. The molecule has 116 valence electrons. The summed E-state index contributed by atoms with van der Waals surface area (Å²) in [5.41, 5.74) is 7.00. The number of carbonyl (C=O) groups excluding carboxylic acids is 1. The third-order valence-corrected chi connectivity index (χ3v) is 4.70. The molecule has 1 aromatic carbocycles. The molecule has 0 spiro atoms. The minimum absolute atomic E-state index is 0.0641. The van der Waals surface area contributed by atoms with Crippen molar-refractivity contribution in [1.82, 2.24) is 4.98 Å². The summed E-state index contributed by atoms with van der Waals surface area (Å²) in [6.45, 7) is -0.0641. The summed E-state index contributed by atoms with van der Waals surface area (Å²) in [5.74, 6) is 0.370. The molecule has 5 nitrogen and oxygen atoms in total. The molecule has 1 aliphatic carbocycles. The number of nitrogens with two attached hydrogens (primary N) is 1. The fourth-order valence-corrected chi connectivity index (χ4v) is 3.53. The molecule has 0 aliphatic heterocycles. The Bertz CT molecular complexity index is 672. The highest BCUT2D eigenvalue weighted by Gasteiger charge is 2.20. The number of hydrogen-bond donors (Lipinski definition) is 2. The highest BCUT2D eigenvalue weighted by atomic mass is 35.5. The van der Waals surface area contributed by atoms with E-state index in [0.29, 0.717) is 15.9 Å². The number of hydrogen-bond acceptors (Lipinski definition) is 5. The molecule has 1 atom stereocenters. The maximum atomic E-state index is 11.9. The van der Waals surface area contributed by atoms with E-state index in [-0.39, 0.29) is 18.6 Å². The minimum atomic E-state index is -0.231. The number of nitrogens with zero attached hydrogens (tertiary/aromatic N) is 1. The van der Waals surface area contributed by atoms with Crippen molar-refractivity contribution in [2.24, 2.45) is 5.73 Å². The highest BCUT2D eigenvalue weighted by molar-refractivity contribution is 7.15. The van der Waals surface area contributed by atoms with E-state index in [2.05, 4.69) is 10.3 Å². The molecule has 22 heavy (non-hydrogen) atoms. The zero-order valence-electron chi connectivity index (χ0n) is 11.8. The first-order valence-electron chi connectivity index (χ1n) is 7.02. The number of aryl methyl sites for hydroxylation is 1. The lowest BCUT2D eigenvalue weighted by molar-refractivity contribution is -0.118. The Morgan fingerprint density at radius 2 is 2.23 bits per heavy atom. The monoisotopic (exact) mass is 337 g/mol. The molecule has 0 fully saturated rings. The van der Waals surface area contributed by atoms with Gasteiger partial charge in [-0.3, -0.25) is 10.1 Å². The summed E-state index contributed by atoms with van der Waals surface area (Å²) in [5, 5.41) is 4.01. The number of benzene rings is 1. The van der Waals surface area contributed by atoms with Crippen LogP contribution in [0.15, 0.2) is 24.3 Å². The quantitative estimate of drug-likeness (QED) is 0.899. The van der Waals surface area contributed by atoms with Gasteiger partial charge in [0, 0.05) is 15.9 Å². The first-order valence-corrected chi connectivity index (χ1v) is 8.22. The Hall–Kier alpha value is -1.63. The second kappa shape index (κ2) is 6.64. The van der Waals surface area contributed by atoms with E-state index >= 15 is 0 Å². The zero-order chi connectivity index (χ0) is 15.5. The lowest BCUT2D eigenvalue weighted by atomic mass is 9.99. The van der Waals surface area contributed by atoms with Gasteiger partial charge >= 0.3 is 0 Å². The van der Waals surface area contributed by atoms with Crippen LogP contribution in [0, 0.1) is 0 Å². The molecule has 3 N–H and O–H groups in total. The average Bonchev–Trinajstić information content (AvgIpc) is 2.88. The normalized spacial score (nSPS) is 16.9. The smallest absolute Gasteiger partial charge is 0.264 e. The van der Waals surface area contributed by atoms with Crippen LogP contribution in [0.4, 0.5) is 5.13 Å². The first kappa shape index (κ1) is 15.3. The van der Waals surface area contributed by atoms with Crippen molar-refractivity contribution >= 4 is 34.0 Å². The molecular formula is C15H16ClN3O2S. The Morgan fingerprint density at radius 3 is 3.00 bits per heavy atom. The number of carbonyl (C=O) groups is 1. The molecule has 1 aromatic heterocycles. The third-order valence-electron chi connectivity index (χ3n) is 3.41. The number of nitrogens with one attached hydrogen (secondary N) is 1. The molecule has 0 unspecified atom stereocenters. The van der Waals surface area contributed by atoms with Crippen molar-refractivity contribution in [3.63, 3.8) is 0 Å². The number of fused-ring (bicyclic) bond motifs is 1. The number of aromatic nitrogens is 1. The minimum Gasteiger partial charge on any atom is -0.484 e. The van der Waals surface area contributed by atoms with Crippen molar-refractivity contribution in [2.45, 2.75) is 25.3 Å². The molecule has 1 heterocycles. The maximum absolute atomic E-state index is 11.9. The van der Waals surface area contributed by atoms with Crippen molar-refractivity contribution < 1.29 is 9.53 Å². The van der Waals surface area contributed by atoms with Gasteiger partial charge < -0.3 is 10.5 Å². The van der Waals surface area contributed by atoms with Crippen molar-refractivity contribution in [2.75, 3.05) is 11.9 Å². The van der Waals surface area contributed by atoms with E-state index in [1.54, 1.807) is 24.3 Å². The first-order chi connectivity index (χ1) is 10.6. The van der Waals surface area contributed by atoms with Gasteiger partial charge in [0.2, 0.25) is 0 Å². The van der Waals surface area contributed by atoms with Gasteiger partial charge in [-0.15, -0.1) is 11.3 Å². The number of amides is 1. The molecule has 1 aliphatic rings. The summed E-state index contributed by atoms with van der Waals surface area (Å²) in [7, 11) is 0. The van der Waals surface area contributed by atoms with Gasteiger partial charge in [0.15, 0.2) is 11.7 Å². The lowest BCUT2D eigenvalue weighted by Gasteiger charge is -2.15. The van der Waals surface area contributed by atoms with Crippen molar-refractivity contribution in [1.29, 1.82) is 0 Å². The van der Waals surface area contributed by atoms with Crippen LogP contribution in [0.2, 0.25) is 5.02 Å². The summed E-state index contributed by atoms with van der Waals surface area (Å²) in [4.78, 5) is 17.5. The van der Waals surface area contributed by atoms with E-state index in [1.807, 2.05) is 0 Å². The summed E-state index contributed by atoms with van der Waals surface area (Å²) in [6.07, 6.45) is 2.66. The van der Waals surface area contributed by atoms with Crippen LogP contribution < -0.4 is 15.8 Å². The van der Waals surface area contributed by atoms with Gasteiger partial charge in [0.05, 0.1) is 5.69 Å².